The fourth-order valence-corrected chi connectivity index (χ4v) is 1.63. The van der Waals surface area contributed by atoms with E-state index in [9.17, 15) is 4.79 Å². The number of hydrogen-bond acceptors (Lipinski definition) is 4. The number of benzene rings is 1. The molecule has 3 nitrogen and oxygen atoms in total. The molecule has 0 aliphatic heterocycles. The molecule has 0 spiro atoms. The zero-order chi connectivity index (χ0) is 12.1. The van der Waals surface area contributed by atoms with Gasteiger partial charge in [-0.2, -0.15) is 0 Å². The summed E-state index contributed by atoms with van der Waals surface area (Å²) in [6.07, 6.45) is -0.0516. The second-order valence-corrected chi connectivity index (χ2v) is 3.87. The van der Waals surface area contributed by atoms with Crippen LogP contribution in [0.25, 0.3) is 0 Å². The molecule has 2 rings (SSSR count). The molecular weight excluding hydrogens is 222 g/mol. The third kappa shape index (κ3) is 2.77. The molecule has 0 fully saturated rings. The van der Waals surface area contributed by atoms with Crippen molar-refractivity contribution in [2.75, 3.05) is 0 Å². The summed E-state index contributed by atoms with van der Waals surface area (Å²) < 4.78 is 7.57. The molecule has 0 saturated heterocycles. The highest BCUT2D eigenvalue weighted by Crippen LogP contribution is 2.05. The minimum atomic E-state index is -0.563. The van der Waals surface area contributed by atoms with Gasteiger partial charge in [0.05, 0.1) is 13.1 Å². The standard InChI is InChI=1S/C12H9NO2S/c14-12(10-5-2-1-3-6-10)15-13-9-11-7-4-8-16-11/h1-9H/b13-9-/i9D. The first kappa shape index (κ1) is 9.30. The van der Waals surface area contributed by atoms with Gasteiger partial charge in [0.2, 0.25) is 0 Å². The fourth-order valence-electron chi connectivity index (χ4n) is 1.08. The maximum atomic E-state index is 11.5. The summed E-state index contributed by atoms with van der Waals surface area (Å²) in [5, 5.41) is 5.32. The van der Waals surface area contributed by atoms with Crippen LogP contribution in [0.15, 0.2) is 53.0 Å². The molecule has 0 bridgehead atoms. The van der Waals surface area contributed by atoms with E-state index in [0.29, 0.717) is 10.4 Å². The lowest BCUT2D eigenvalue weighted by molar-refractivity contribution is 0.0519. The van der Waals surface area contributed by atoms with E-state index in [-0.39, 0.29) is 6.19 Å². The first-order chi connectivity index (χ1) is 8.27. The zero-order valence-electron chi connectivity index (χ0n) is 9.29. The molecule has 0 atom stereocenters. The van der Waals surface area contributed by atoms with E-state index in [1.807, 2.05) is 17.5 Å². The van der Waals surface area contributed by atoms with Gasteiger partial charge in [0, 0.05) is 4.88 Å². The van der Waals surface area contributed by atoms with E-state index < -0.39 is 5.97 Å². The van der Waals surface area contributed by atoms with Crippen molar-refractivity contribution in [3.8, 4) is 0 Å². The number of rotatable bonds is 3. The third-order valence-corrected chi connectivity index (χ3v) is 2.59. The molecular formula is C12H9NO2S. The Labute approximate surface area is 98.4 Å². The highest BCUT2D eigenvalue weighted by atomic mass is 32.1. The van der Waals surface area contributed by atoms with Crippen molar-refractivity contribution >= 4 is 23.5 Å². The molecule has 1 heterocycles. The van der Waals surface area contributed by atoms with Crippen molar-refractivity contribution in [1.82, 2.24) is 0 Å². The first-order valence-corrected chi connectivity index (χ1v) is 5.50. The van der Waals surface area contributed by atoms with E-state index in [2.05, 4.69) is 9.99 Å². The minimum Gasteiger partial charge on any atom is -0.313 e. The van der Waals surface area contributed by atoms with Gasteiger partial charge in [0.15, 0.2) is 0 Å². The van der Waals surface area contributed by atoms with Gasteiger partial charge in [-0.25, -0.2) is 4.79 Å². The van der Waals surface area contributed by atoms with Gasteiger partial charge in [0.1, 0.15) is 0 Å². The van der Waals surface area contributed by atoms with Gasteiger partial charge in [0.25, 0.3) is 0 Å². The second-order valence-electron chi connectivity index (χ2n) is 2.93. The Morgan fingerprint density at radius 3 is 2.81 bits per heavy atom. The van der Waals surface area contributed by atoms with Crippen molar-refractivity contribution in [1.29, 1.82) is 0 Å². The summed E-state index contributed by atoms with van der Waals surface area (Å²) in [6.45, 7) is 0. The van der Waals surface area contributed by atoms with Gasteiger partial charge in [-0.05, 0) is 23.6 Å². The fraction of sp³-hybridized carbons (Fsp3) is 0. The molecule has 0 aliphatic rings. The SMILES string of the molecule is [2H]/C(=N/OC(=O)c1ccccc1)c1cccs1. The van der Waals surface area contributed by atoms with Gasteiger partial charge in [-0.3, -0.25) is 0 Å². The third-order valence-electron chi connectivity index (χ3n) is 1.82. The predicted molar refractivity (Wildman–Crippen MR) is 63.8 cm³/mol. The highest BCUT2D eigenvalue weighted by molar-refractivity contribution is 7.11. The molecule has 1 aromatic carbocycles. The van der Waals surface area contributed by atoms with E-state index in [1.165, 1.54) is 11.3 Å². The van der Waals surface area contributed by atoms with Crippen molar-refractivity contribution in [2.45, 2.75) is 0 Å². The predicted octanol–water partition coefficient (Wildman–Crippen LogP) is 2.94. The Kier molecular flexibility index (Phi) is 3.04. The Hall–Kier alpha value is -1.94. The summed E-state index contributed by atoms with van der Waals surface area (Å²) in [4.78, 5) is 16.8. The molecule has 4 heteroatoms. The van der Waals surface area contributed by atoms with Crippen LogP contribution in [0, 0.1) is 0 Å². The second kappa shape index (κ2) is 5.23. The number of nitrogens with zero attached hydrogens (tertiary/aromatic N) is 1. The van der Waals surface area contributed by atoms with Crippen LogP contribution < -0.4 is 0 Å². The summed E-state index contributed by atoms with van der Waals surface area (Å²) in [6, 6.07) is 12.1. The Bertz CT molecular complexity index is 523. The van der Waals surface area contributed by atoms with Crippen molar-refractivity contribution in [3.63, 3.8) is 0 Å². The maximum Gasteiger partial charge on any atom is 0.365 e. The normalized spacial score (nSPS) is 12.0. The quantitative estimate of drug-likeness (QED) is 0.463. The van der Waals surface area contributed by atoms with Gasteiger partial charge >= 0.3 is 5.97 Å². The smallest absolute Gasteiger partial charge is 0.313 e. The average Bonchev–Trinajstić information content (AvgIpc) is 2.90. The molecule has 0 amide bonds. The van der Waals surface area contributed by atoms with E-state index in [4.69, 9.17) is 1.37 Å². The number of thiophene rings is 1. The molecule has 0 unspecified atom stereocenters. The lowest BCUT2D eigenvalue weighted by Crippen LogP contribution is -2.00. The first-order valence-electron chi connectivity index (χ1n) is 5.12. The minimum absolute atomic E-state index is 0.0516. The Morgan fingerprint density at radius 2 is 2.12 bits per heavy atom. The van der Waals surface area contributed by atoms with Crippen LogP contribution in [-0.4, -0.2) is 12.2 Å². The van der Waals surface area contributed by atoms with Gasteiger partial charge in [-0.1, -0.05) is 29.4 Å². The lowest BCUT2D eigenvalue weighted by Gasteiger charge is -1.95. The number of oxime groups is 1. The van der Waals surface area contributed by atoms with Gasteiger partial charge in [-0.15, -0.1) is 11.3 Å². The average molecular weight is 232 g/mol. The van der Waals surface area contributed by atoms with E-state index in [1.54, 1.807) is 30.3 Å². The van der Waals surface area contributed by atoms with E-state index in [0.717, 1.165) is 0 Å². The molecule has 1 aromatic heterocycles. The van der Waals surface area contributed by atoms with Crippen LogP contribution in [-0.2, 0) is 4.84 Å². The molecule has 80 valence electrons. The Morgan fingerprint density at radius 1 is 1.31 bits per heavy atom. The van der Waals surface area contributed by atoms with Crippen LogP contribution in [0.5, 0.6) is 0 Å². The van der Waals surface area contributed by atoms with Crippen molar-refractivity contribution < 1.29 is 11.0 Å². The Balaban J connectivity index is 2.04. The van der Waals surface area contributed by atoms with Crippen LogP contribution in [0.4, 0.5) is 0 Å². The largest absolute Gasteiger partial charge is 0.365 e. The van der Waals surface area contributed by atoms with Crippen LogP contribution in [0.2, 0.25) is 0 Å². The van der Waals surface area contributed by atoms with Gasteiger partial charge < -0.3 is 4.84 Å². The zero-order valence-corrected chi connectivity index (χ0v) is 9.11. The van der Waals surface area contributed by atoms with Crippen LogP contribution in [0.1, 0.15) is 16.6 Å². The highest BCUT2D eigenvalue weighted by Gasteiger charge is 2.04. The molecule has 0 aliphatic carbocycles. The van der Waals surface area contributed by atoms with E-state index >= 15 is 0 Å². The van der Waals surface area contributed by atoms with Crippen LogP contribution in [0.3, 0.4) is 0 Å². The molecule has 2 aromatic rings. The van der Waals surface area contributed by atoms with Crippen molar-refractivity contribution in [2.24, 2.45) is 5.16 Å². The topological polar surface area (TPSA) is 38.7 Å². The molecule has 0 radical (unpaired) electrons. The summed E-state index contributed by atoms with van der Waals surface area (Å²) in [5.41, 5.74) is 0.412. The lowest BCUT2D eigenvalue weighted by atomic mass is 10.2. The van der Waals surface area contributed by atoms with Crippen molar-refractivity contribution in [3.05, 3.63) is 58.3 Å². The number of hydrogen-bond donors (Lipinski definition) is 0. The molecule has 0 N–H and O–H groups in total. The molecule has 0 saturated carbocycles. The monoisotopic (exact) mass is 232 g/mol. The molecule has 16 heavy (non-hydrogen) atoms. The number of carbonyl (C=O) groups excluding carboxylic acids is 1. The number of carbonyl (C=O) groups is 1. The summed E-state index contributed by atoms with van der Waals surface area (Å²) in [7, 11) is 0. The maximum absolute atomic E-state index is 11.5. The summed E-state index contributed by atoms with van der Waals surface area (Å²) >= 11 is 1.37. The summed E-state index contributed by atoms with van der Waals surface area (Å²) in [5.74, 6) is -0.563. The van der Waals surface area contributed by atoms with Crippen LogP contribution >= 0.6 is 11.3 Å².